The van der Waals surface area contributed by atoms with E-state index in [0.29, 0.717) is 24.5 Å². The first-order valence-electron chi connectivity index (χ1n) is 6.74. The van der Waals surface area contributed by atoms with Gasteiger partial charge in [0.1, 0.15) is 5.76 Å². The molecule has 0 spiro atoms. The molecule has 1 aliphatic heterocycles. The lowest BCUT2D eigenvalue weighted by atomic mass is 10.2. The van der Waals surface area contributed by atoms with Crippen molar-refractivity contribution in [3.8, 4) is 11.8 Å². The molecule has 0 unspecified atom stereocenters. The molecule has 1 aromatic heterocycles. The van der Waals surface area contributed by atoms with Crippen molar-refractivity contribution in [1.29, 1.82) is 5.26 Å². The molecule has 0 amide bonds. The summed E-state index contributed by atoms with van der Waals surface area (Å²) in [6, 6.07) is 3.44. The standard InChI is InChI=1S/C14H19N3O3/c1-11-9-12(18)14(19)13(20-11)10-17-7-5-16(6-8-17)4-2-3-15/h9,19H,2,4-8,10H2,1H3. The maximum absolute atomic E-state index is 11.5. The van der Waals surface area contributed by atoms with Crippen LogP contribution in [-0.2, 0) is 6.54 Å². The zero-order valence-corrected chi connectivity index (χ0v) is 11.6. The van der Waals surface area contributed by atoms with E-state index in [1.165, 1.54) is 6.07 Å². The van der Waals surface area contributed by atoms with Crippen LogP contribution in [0.4, 0.5) is 0 Å². The maximum Gasteiger partial charge on any atom is 0.227 e. The van der Waals surface area contributed by atoms with Crippen LogP contribution in [0.25, 0.3) is 0 Å². The van der Waals surface area contributed by atoms with Crippen molar-refractivity contribution in [1.82, 2.24) is 9.80 Å². The summed E-state index contributed by atoms with van der Waals surface area (Å²) in [7, 11) is 0. The van der Waals surface area contributed by atoms with E-state index < -0.39 is 5.43 Å². The molecule has 20 heavy (non-hydrogen) atoms. The molecule has 1 N–H and O–H groups in total. The number of nitriles is 1. The molecule has 0 aromatic carbocycles. The first-order chi connectivity index (χ1) is 9.60. The van der Waals surface area contributed by atoms with Crippen molar-refractivity contribution in [2.75, 3.05) is 32.7 Å². The quantitative estimate of drug-likeness (QED) is 0.872. The molecule has 6 heteroatoms. The number of aryl methyl sites for hydroxylation is 1. The topological polar surface area (TPSA) is 80.7 Å². The molecular weight excluding hydrogens is 258 g/mol. The highest BCUT2D eigenvalue weighted by Crippen LogP contribution is 2.16. The van der Waals surface area contributed by atoms with Crippen LogP contribution in [0.3, 0.4) is 0 Å². The minimum Gasteiger partial charge on any atom is -0.502 e. The Hall–Kier alpha value is -1.84. The van der Waals surface area contributed by atoms with E-state index in [-0.39, 0.29) is 5.75 Å². The maximum atomic E-state index is 11.5. The minimum absolute atomic E-state index is 0.289. The molecule has 1 aliphatic rings. The van der Waals surface area contributed by atoms with Gasteiger partial charge in [-0.25, -0.2) is 0 Å². The molecule has 1 saturated heterocycles. The van der Waals surface area contributed by atoms with Gasteiger partial charge >= 0.3 is 0 Å². The molecule has 6 nitrogen and oxygen atoms in total. The Kier molecular flexibility index (Phi) is 4.77. The lowest BCUT2D eigenvalue weighted by Crippen LogP contribution is -2.46. The van der Waals surface area contributed by atoms with Crippen LogP contribution in [-0.4, -0.2) is 47.6 Å². The molecule has 0 aliphatic carbocycles. The molecule has 2 rings (SSSR count). The lowest BCUT2D eigenvalue weighted by Gasteiger charge is -2.33. The molecule has 108 valence electrons. The van der Waals surface area contributed by atoms with Gasteiger partial charge in [0, 0.05) is 45.2 Å². The summed E-state index contributed by atoms with van der Waals surface area (Å²) in [5, 5.41) is 18.3. The molecule has 2 heterocycles. The summed E-state index contributed by atoms with van der Waals surface area (Å²) in [6.45, 7) is 6.39. The van der Waals surface area contributed by atoms with Crippen LogP contribution in [0.15, 0.2) is 15.3 Å². The largest absolute Gasteiger partial charge is 0.502 e. The van der Waals surface area contributed by atoms with Crippen LogP contribution in [0.5, 0.6) is 5.75 Å². The second-order valence-corrected chi connectivity index (χ2v) is 5.02. The van der Waals surface area contributed by atoms with E-state index in [2.05, 4.69) is 15.9 Å². The molecular formula is C14H19N3O3. The van der Waals surface area contributed by atoms with E-state index in [0.717, 1.165) is 32.7 Å². The SMILES string of the molecule is Cc1cc(=O)c(O)c(CN2CCN(CCC#N)CC2)o1. The average Bonchev–Trinajstić information content (AvgIpc) is 2.43. The minimum atomic E-state index is -0.392. The Morgan fingerprint density at radius 1 is 1.35 bits per heavy atom. The Morgan fingerprint density at radius 3 is 2.65 bits per heavy atom. The van der Waals surface area contributed by atoms with Gasteiger partial charge in [0.2, 0.25) is 11.2 Å². The van der Waals surface area contributed by atoms with Gasteiger partial charge in [-0.15, -0.1) is 0 Å². The summed E-state index contributed by atoms with van der Waals surface area (Å²) in [5.74, 6) is 0.554. The summed E-state index contributed by atoms with van der Waals surface area (Å²) >= 11 is 0. The van der Waals surface area contributed by atoms with E-state index in [4.69, 9.17) is 9.68 Å². The van der Waals surface area contributed by atoms with E-state index >= 15 is 0 Å². The zero-order chi connectivity index (χ0) is 14.5. The number of aromatic hydroxyl groups is 1. The van der Waals surface area contributed by atoms with Gasteiger partial charge in [-0.1, -0.05) is 0 Å². The molecule has 0 saturated carbocycles. The highest BCUT2D eigenvalue weighted by Gasteiger charge is 2.19. The fourth-order valence-corrected chi connectivity index (χ4v) is 2.35. The second kappa shape index (κ2) is 6.55. The van der Waals surface area contributed by atoms with E-state index in [9.17, 15) is 9.90 Å². The van der Waals surface area contributed by atoms with Crippen LogP contribution in [0, 0.1) is 18.3 Å². The van der Waals surface area contributed by atoms with Crippen molar-refractivity contribution >= 4 is 0 Å². The first-order valence-corrected chi connectivity index (χ1v) is 6.74. The van der Waals surface area contributed by atoms with E-state index in [1.807, 2.05) is 0 Å². The average molecular weight is 277 g/mol. The summed E-state index contributed by atoms with van der Waals surface area (Å²) in [5.41, 5.74) is -0.392. The molecule has 1 fully saturated rings. The van der Waals surface area contributed by atoms with Crippen LogP contribution < -0.4 is 5.43 Å². The molecule has 0 atom stereocenters. The van der Waals surface area contributed by atoms with Crippen molar-refractivity contribution in [3.63, 3.8) is 0 Å². The molecule has 0 bridgehead atoms. The van der Waals surface area contributed by atoms with Crippen molar-refractivity contribution in [2.24, 2.45) is 0 Å². The summed E-state index contributed by atoms with van der Waals surface area (Å²) < 4.78 is 5.44. The van der Waals surface area contributed by atoms with Crippen LogP contribution in [0.1, 0.15) is 17.9 Å². The fourth-order valence-electron chi connectivity index (χ4n) is 2.35. The third-order valence-electron chi connectivity index (χ3n) is 3.49. The number of rotatable bonds is 4. The lowest BCUT2D eigenvalue weighted by molar-refractivity contribution is 0.120. The second-order valence-electron chi connectivity index (χ2n) is 5.02. The number of hydrogen-bond acceptors (Lipinski definition) is 6. The zero-order valence-electron chi connectivity index (χ0n) is 11.6. The van der Waals surface area contributed by atoms with Gasteiger partial charge in [0.05, 0.1) is 12.6 Å². The monoisotopic (exact) mass is 277 g/mol. The Labute approximate surface area is 117 Å². The van der Waals surface area contributed by atoms with Gasteiger partial charge in [-0.05, 0) is 6.92 Å². The van der Waals surface area contributed by atoms with Gasteiger partial charge in [-0.3, -0.25) is 14.6 Å². The highest BCUT2D eigenvalue weighted by molar-refractivity contribution is 5.24. The Morgan fingerprint density at radius 2 is 2.00 bits per heavy atom. The molecule has 0 radical (unpaired) electrons. The third kappa shape index (κ3) is 3.59. The van der Waals surface area contributed by atoms with Crippen molar-refractivity contribution in [2.45, 2.75) is 19.9 Å². The smallest absolute Gasteiger partial charge is 0.227 e. The Balaban J connectivity index is 1.93. The van der Waals surface area contributed by atoms with Gasteiger partial charge in [0.15, 0.2) is 5.76 Å². The van der Waals surface area contributed by atoms with Gasteiger partial charge in [-0.2, -0.15) is 5.26 Å². The predicted molar refractivity (Wildman–Crippen MR) is 73.3 cm³/mol. The molecule has 1 aromatic rings. The predicted octanol–water partition coefficient (Wildman–Crippen LogP) is 0.685. The normalized spacial score (nSPS) is 17.0. The van der Waals surface area contributed by atoms with Crippen molar-refractivity contribution < 1.29 is 9.52 Å². The fraction of sp³-hybridized carbons (Fsp3) is 0.571. The number of nitrogens with zero attached hydrogens (tertiary/aromatic N) is 3. The van der Waals surface area contributed by atoms with Gasteiger partial charge in [0.25, 0.3) is 0 Å². The van der Waals surface area contributed by atoms with Gasteiger partial charge < -0.3 is 9.52 Å². The van der Waals surface area contributed by atoms with E-state index in [1.54, 1.807) is 6.92 Å². The highest BCUT2D eigenvalue weighted by atomic mass is 16.4. The Bertz CT molecular complexity index is 554. The van der Waals surface area contributed by atoms with Crippen LogP contribution >= 0.6 is 0 Å². The third-order valence-corrected chi connectivity index (χ3v) is 3.49. The first kappa shape index (κ1) is 14.6. The van der Waals surface area contributed by atoms with Crippen LogP contribution in [0.2, 0.25) is 0 Å². The van der Waals surface area contributed by atoms with Crippen molar-refractivity contribution in [3.05, 3.63) is 27.8 Å². The summed E-state index contributed by atoms with van der Waals surface area (Å²) in [4.78, 5) is 15.9. The number of piperazine rings is 1. The summed E-state index contributed by atoms with van der Waals surface area (Å²) in [6.07, 6.45) is 0.549. The number of hydrogen-bond donors (Lipinski definition) is 1.